The van der Waals surface area contributed by atoms with Gasteiger partial charge in [0.05, 0.1) is 5.02 Å². The summed E-state index contributed by atoms with van der Waals surface area (Å²) in [5.74, 6) is -0.778. The topological polar surface area (TPSA) is 12.0 Å². The van der Waals surface area contributed by atoms with Crippen LogP contribution in [-0.2, 0) is 6.54 Å². The van der Waals surface area contributed by atoms with Gasteiger partial charge in [0.1, 0.15) is 11.6 Å². The highest BCUT2D eigenvalue weighted by Crippen LogP contribution is 2.29. The van der Waals surface area contributed by atoms with Crippen LogP contribution in [0.25, 0.3) is 11.1 Å². The molecule has 1 nitrogen and oxygen atoms in total. The van der Waals surface area contributed by atoms with Gasteiger partial charge in [-0.15, -0.1) is 0 Å². The molecule has 0 aromatic heterocycles. The fraction of sp³-hybridized carbons (Fsp3) is 0.250. The fourth-order valence-electron chi connectivity index (χ4n) is 2.18. The molecule has 0 atom stereocenters. The molecule has 20 heavy (non-hydrogen) atoms. The first kappa shape index (κ1) is 13.5. The van der Waals surface area contributed by atoms with Crippen molar-refractivity contribution in [2.45, 2.75) is 25.4 Å². The summed E-state index contributed by atoms with van der Waals surface area (Å²) >= 11 is 5.81. The smallest absolute Gasteiger partial charge is 0.141 e. The molecule has 0 aliphatic heterocycles. The van der Waals surface area contributed by atoms with E-state index in [2.05, 4.69) is 5.32 Å². The molecule has 1 aliphatic rings. The normalized spacial score (nSPS) is 14.6. The molecule has 0 radical (unpaired) electrons. The lowest BCUT2D eigenvalue weighted by atomic mass is 9.99. The molecule has 0 spiro atoms. The van der Waals surface area contributed by atoms with E-state index in [4.69, 9.17) is 11.6 Å². The van der Waals surface area contributed by atoms with E-state index in [-0.39, 0.29) is 10.8 Å². The molecule has 4 heteroatoms. The Morgan fingerprint density at radius 3 is 2.60 bits per heavy atom. The Labute approximate surface area is 121 Å². The largest absolute Gasteiger partial charge is 0.310 e. The molecule has 0 unspecified atom stereocenters. The summed E-state index contributed by atoms with van der Waals surface area (Å²) in [6.45, 7) is 0.676. The Hall–Kier alpha value is -1.45. The standard InChI is InChI=1S/C16H14ClF2N/c17-15-7-10(2-6-16(15)19)14-8-12(18)3-1-11(14)9-20-13-4-5-13/h1-3,6-8,13,20H,4-5,9H2. The summed E-state index contributed by atoms with van der Waals surface area (Å²) in [6.07, 6.45) is 2.39. The third-order valence-corrected chi connectivity index (χ3v) is 3.75. The van der Waals surface area contributed by atoms with Gasteiger partial charge in [-0.2, -0.15) is 0 Å². The lowest BCUT2D eigenvalue weighted by Crippen LogP contribution is -2.15. The number of hydrogen-bond acceptors (Lipinski definition) is 1. The van der Waals surface area contributed by atoms with E-state index >= 15 is 0 Å². The lowest BCUT2D eigenvalue weighted by molar-refractivity contribution is 0.625. The summed E-state index contributed by atoms with van der Waals surface area (Å²) < 4.78 is 26.7. The zero-order valence-corrected chi connectivity index (χ0v) is 11.6. The van der Waals surface area contributed by atoms with E-state index in [1.807, 2.05) is 0 Å². The van der Waals surface area contributed by atoms with Crippen LogP contribution >= 0.6 is 11.6 Å². The van der Waals surface area contributed by atoms with Crippen LogP contribution in [-0.4, -0.2) is 6.04 Å². The first-order valence-electron chi connectivity index (χ1n) is 6.61. The van der Waals surface area contributed by atoms with Gasteiger partial charge in [-0.25, -0.2) is 8.78 Å². The third-order valence-electron chi connectivity index (χ3n) is 3.46. The third kappa shape index (κ3) is 3.00. The van der Waals surface area contributed by atoms with Crippen molar-refractivity contribution in [2.24, 2.45) is 0 Å². The van der Waals surface area contributed by atoms with Crippen LogP contribution in [0.4, 0.5) is 8.78 Å². The second-order valence-corrected chi connectivity index (χ2v) is 5.49. The average Bonchev–Trinajstić information content (AvgIpc) is 3.24. The second kappa shape index (κ2) is 5.51. The zero-order valence-electron chi connectivity index (χ0n) is 10.8. The quantitative estimate of drug-likeness (QED) is 0.873. The van der Waals surface area contributed by atoms with Crippen LogP contribution in [0, 0.1) is 11.6 Å². The van der Waals surface area contributed by atoms with Crippen LogP contribution < -0.4 is 5.32 Å². The predicted molar refractivity (Wildman–Crippen MR) is 76.7 cm³/mol. The Morgan fingerprint density at radius 2 is 1.90 bits per heavy atom. The second-order valence-electron chi connectivity index (χ2n) is 5.09. The highest BCUT2D eigenvalue weighted by atomic mass is 35.5. The van der Waals surface area contributed by atoms with Crippen molar-refractivity contribution in [3.63, 3.8) is 0 Å². The summed E-state index contributed by atoms with van der Waals surface area (Å²) in [5.41, 5.74) is 2.46. The van der Waals surface area contributed by atoms with Crippen molar-refractivity contribution < 1.29 is 8.78 Å². The molecule has 1 fully saturated rings. The maximum atomic E-state index is 13.5. The number of benzene rings is 2. The van der Waals surface area contributed by atoms with Crippen LogP contribution in [0.5, 0.6) is 0 Å². The van der Waals surface area contributed by atoms with Gasteiger partial charge in [-0.1, -0.05) is 23.7 Å². The van der Waals surface area contributed by atoms with Crippen LogP contribution in [0.15, 0.2) is 36.4 Å². The summed E-state index contributed by atoms with van der Waals surface area (Å²) in [4.78, 5) is 0. The highest BCUT2D eigenvalue weighted by molar-refractivity contribution is 6.31. The van der Waals surface area contributed by atoms with Crippen molar-refractivity contribution in [1.29, 1.82) is 0 Å². The zero-order chi connectivity index (χ0) is 14.1. The Morgan fingerprint density at radius 1 is 1.10 bits per heavy atom. The average molecular weight is 294 g/mol. The number of nitrogens with one attached hydrogen (secondary N) is 1. The Kier molecular flexibility index (Phi) is 3.72. The van der Waals surface area contributed by atoms with Gasteiger partial charge in [0.2, 0.25) is 0 Å². The van der Waals surface area contributed by atoms with E-state index in [1.54, 1.807) is 12.1 Å². The SMILES string of the molecule is Fc1ccc(CNC2CC2)c(-c2ccc(F)c(Cl)c2)c1. The molecule has 0 saturated heterocycles. The summed E-state index contributed by atoms with van der Waals surface area (Å²) in [6, 6.07) is 9.71. The summed E-state index contributed by atoms with van der Waals surface area (Å²) in [7, 11) is 0. The maximum absolute atomic E-state index is 13.5. The molecule has 2 aromatic carbocycles. The minimum atomic E-state index is -0.468. The molecule has 2 aromatic rings. The number of hydrogen-bond donors (Lipinski definition) is 1. The number of halogens is 3. The minimum absolute atomic E-state index is 0.0489. The van der Waals surface area contributed by atoms with Gasteiger partial charge >= 0.3 is 0 Å². The minimum Gasteiger partial charge on any atom is -0.310 e. The van der Waals surface area contributed by atoms with E-state index < -0.39 is 5.82 Å². The van der Waals surface area contributed by atoms with Crippen molar-refractivity contribution in [3.05, 3.63) is 58.6 Å². The Balaban J connectivity index is 1.96. The molecule has 0 amide bonds. The summed E-state index contributed by atoms with van der Waals surface area (Å²) in [5, 5.41) is 3.45. The van der Waals surface area contributed by atoms with Gasteiger partial charge in [-0.05, 0) is 53.8 Å². The van der Waals surface area contributed by atoms with Crippen LogP contribution in [0.3, 0.4) is 0 Å². The lowest BCUT2D eigenvalue weighted by Gasteiger charge is -2.11. The molecule has 0 bridgehead atoms. The molecule has 0 heterocycles. The van der Waals surface area contributed by atoms with E-state index in [0.717, 1.165) is 16.7 Å². The molecule has 1 saturated carbocycles. The number of rotatable bonds is 4. The molecule has 1 N–H and O–H groups in total. The monoisotopic (exact) mass is 293 g/mol. The van der Waals surface area contributed by atoms with Gasteiger partial charge in [0, 0.05) is 12.6 Å². The molecular formula is C16H14ClF2N. The van der Waals surface area contributed by atoms with Gasteiger partial charge < -0.3 is 5.32 Å². The predicted octanol–water partition coefficient (Wildman–Crippen LogP) is 4.54. The molecule has 1 aliphatic carbocycles. The van der Waals surface area contributed by atoms with Gasteiger partial charge in [0.15, 0.2) is 0 Å². The van der Waals surface area contributed by atoms with Crippen molar-refractivity contribution in [2.75, 3.05) is 0 Å². The molecule has 104 valence electrons. The Bertz CT molecular complexity index is 638. The maximum Gasteiger partial charge on any atom is 0.141 e. The van der Waals surface area contributed by atoms with E-state index in [0.29, 0.717) is 12.6 Å². The molecular weight excluding hydrogens is 280 g/mol. The van der Waals surface area contributed by atoms with E-state index in [9.17, 15) is 8.78 Å². The van der Waals surface area contributed by atoms with E-state index in [1.165, 1.54) is 37.1 Å². The van der Waals surface area contributed by atoms with Gasteiger partial charge in [0.25, 0.3) is 0 Å². The van der Waals surface area contributed by atoms with Crippen molar-refractivity contribution in [3.8, 4) is 11.1 Å². The van der Waals surface area contributed by atoms with Crippen LogP contribution in [0.2, 0.25) is 5.02 Å². The van der Waals surface area contributed by atoms with Crippen molar-refractivity contribution in [1.82, 2.24) is 5.32 Å². The molecule has 3 rings (SSSR count). The first-order chi connectivity index (χ1) is 9.63. The highest BCUT2D eigenvalue weighted by Gasteiger charge is 2.20. The van der Waals surface area contributed by atoms with Crippen LogP contribution in [0.1, 0.15) is 18.4 Å². The van der Waals surface area contributed by atoms with Gasteiger partial charge in [-0.3, -0.25) is 0 Å². The fourth-order valence-corrected chi connectivity index (χ4v) is 2.36. The van der Waals surface area contributed by atoms with Crippen molar-refractivity contribution >= 4 is 11.6 Å². The first-order valence-corrected chi connectivity index (χ1v) is 6.98.